The van der Waals surface area contributed by atoms with Gasteiger partial charge in [-0.15, -0.1) is 0 Å². The van der Waals surface area contributed by atoms with Crippen LogP contribution in [-0.4, -0.2) is 39.6 Å². The second-order valence-electron chi connectivity index (χ2n) is 6.46. The number of para-hydroxylation sites is 1. The highest BCUT2D eigenvalue weighted by atomic mass is 16.2. The smallest absolute Gasteiger partial charge is 0.311 e. The number of aryl methyl sites for hydroxylation is 1. The number of carbonyl (C=O) groups is 1. The number of hydrogen-bond donors (Lipinski definition) is 0. The van der Waals surface area contributed by atoms with Gasteiger partial charge in [0.25, 0.3) is 5.56 Å². The SMILES string of the molecule is CN(Cc1cn(C)c(=O)n(C)c1=O)[C@H]1CCN(c2ccccc2)C1=O. The maximum atomic E-state index is 12.8. The molecule has 1 fully saturated rings. The monoisotopic (exact) mass is 342 g/mol. The van der Waals surface area contributed by atoms with Gasteiger partial charge in [0.1, 0.15) is 0 Å². The highest BCUT2D eigenvalue weighted by Gasteiger charge is 2.35. The van der Waals surface area contributed by atoms with Gasteiger partial charge in [-0.25, -0.2) is 4.79 Å². The molecule has 7 heteroatoms. The molecule has 2 aromatic rings. The van der Waals surface area contributed by atoms with Crippen LogP contribution in [0.4, 0.5) is 5.69 Å². The van der Waals surface area contributed by atoms with Crippen LogP contribution in [0.5, 0.6) is 0 Å². The van der Waals surface area contributed by atoms with Gasteiger partial charge in [0.15, 0.2) is 0 Å². The Labute approximate surface area is 145 Å². The van der Waals surface area contributed by atoms with Crippen molar-refractivity contribution < 1.29 is 4.79 Å². The van der Waals surface area contributed by atoms with Crippen LogP contribution in [0.3, 0.4) is 0 Å². The standard InChI is InChI=1S/C18H22N4O3/c1-19(11-13-12-20(2)18(25)21(3)16(13)23)15-9-10-22(17(15)24)14-7-5-4-6-8-14/h4-8,12,15H,9-11H2,1-3H3/t15-/m0/s1. The highest BCUT2D eigenvalue weighted by molar-refractivity contribution is 5.99. The van der Waals surface area contributed by atoms with E-state index in [9.17, 15) is 14.4 Å². The van der Waals surface area contributed by atoms with E-state index in [0.29, 0.717) is 25.1 Å². The van der Waals surface area contributed by atoms with E-state index in [4.69, 9.17) is 0 Å². The first-order valence-electron chi connectivity index (χ1n) is 8.22. The van der Waals surface area contributed by atoms with Crippen LogP contribution in [0, 0.1) is 0 Å². The lowest BCUT2D eigenvalue weighted by Crippen LogP contribution is -2.43. The van der Waals surface area contributed by atoms with Crippen LogP contribution < -0.4 is 16.1 Å². The Morgan fingerprint density at radius 1 is 1.12 bits per heavy atom. The van der Waals surface area contributed by atoms with Crippen molar-refractivity contribution in [3.8, 4) is 0 Å². The summed E-state index contributed by atoms with van der Waals surface area (Å²) in [7, 11) is 4.91. The molecule has 0 aliphatic carbocycles. The van der Waals surface area contributed by atoms with Gasteiger partial charge >= 0.3 is 5.69 Å². The number of likely N-dealkylation sites (N-methyl/N-ethyl adjacent to an activating group) is 1. The molecule has 2 heterocycles. The first kappa shape index (κ1) is 17.2. The van der Waals surface area contributed by atoms with Gasteiger partial charge in [0.05, 0.1) is 6.04 Å². The minimum atomic E-state index is -0.358. The zero-order valence-electron chi connectivity index (χ0n) is 14.7. The van der Waals surface area contributed by atoms with E-state index in [0.717, 1.165) is 10.3 Å². The summed E-state index contributed by atoms with van der Waals surface area (Å²) in [6, 6.07) is 9.30. The summed E-state index contributed by atoms with van der Waals surface area (Å²) in [5.41, 5.74) is 0.711. The van der Waals surface area contributed by atoms with Crippen LogP contribution >= 0.6 is 0 Å². The summed E-state index contributed by atoms with van der Waals surface area (Å²) in [6.07, 6.45) is 2.26. The molecule has 7 nitrogen and oxygen atoms in total. The number of hydrogen-bond acceptors (Lipinski definition) is 4. The van der Waals surface area contributed by atoms with Crippen LogP contribution in [0.25, 0.3) is 0 Å². The summed E-state index contributed by atoms with van der Waals surface area (Å²) >= 11 is 0. The number of carbonyl (C=O) groups excluding carboxylic acids is 1. The Kier molecular flexibility index (Phi) is 4.59. The van der Waals surface area contributed by atoms with Gasteiger partial charge in [-0.2, -0.15) is 0 Å². The lowest BCUT2D eigenvalue weighted by atomic mass is 10.2. The largest absolute Gasteiger partial charge is 0.330 e. The summed E-state index contributed by atoms with van der Waals surface area (Å²) in [5, 5.41) is 0. The molecule has 0 radical (unpaired) electrons. The molecular weight excluding hydrogens is 320 g/mol. The van der Waals surface area contributed by atoms with Gasteiger partial charge in [0.2, 0.25) is 5.91 Å². The third-order valence-electron chi connectivity index (χ3n) is 4.71. The van der Waals surface area contributed by atoms with Crippen molar-refractivity contribution in [2.45, 2.75) is 19.0 Å². The van der Waals surface area contributed by atoms with E-state index in [1.807, 2.05) is 42.3 Å². The van der Waals surface area contributed by atoms with Crippen molar-refractivity contribution in [3.05, 3.63) is 62.9 Å². The summed E-state index contributed by atoms with van der Waals surface area (Å²) in [5.74, 6) is 0.0374. The Morgan fingerprint density at radius 3 is 2.48 bits per heavy atom. The molecule has 0 spiro atoms. The quantitative estimate of drug-likeness (QED) is 0.803. The lowest BCUT2D eigenvalue weighted by Gasteiger charge is -2.24. The second-order valence-corrected chi connectivity index (χ2v) is 6.46. The van der Waals surface area contributed by atoms with E-state index in [-0.39, 0.29) is 23.2 Å². The molecule has 1 aromatic heterocycles. The van der Waals surface area contributed by atoms with E-state index in [1.165, 1.54) is 11.6 Å². The number of anilines is 1. The number of nitrogens with zero attached hydrogens (tertiary/aromatic N) is 4. The van der Waals surface area contributed by atoms with E-state index < -0.39 is 0 Å². The minimum Gasteiger partial charge on any atom is -0.311 e. The molecule has 1 atom stereocenters. The molecule has 0 unspecified atom stereocenters. The van der Waals surface area contributed by atoms with Crippen molar-refractivity contribution in [3.63, 3.8) is 0 Å². The summed E-state index contributed by atoms with van der Waals surface area (Å²) in [6.45, 7) is 0.975. The highest BCUT2D eigenvalue weighted by Crippen LogP contribution is 2.24. The lowest BCUT2D eigenvalue weighted by molar-refractivity contribution is -0.121. The fourth-order valence-corrected chi connectivity index (χ4v) is 3.31. The molecular formula is C18H22N4O3. The van der Waals surface area contributed by atoms with Crippen LogP contribution in [-0.2, 0) is 25.4 Å². The first-order valence-corrected chi connectivity index (χ1v) is 8.22. The number of rotatable bonds is 4. The third kappa shape index (κ3) is 3.15. The zero-order valence-corrected chi connectivity index (χ0v) is 14.7. The van der Waals surface area contributed by atoms with Gasteiger partial charge in [-0.05, 0) is 25.6 Å². The molecule has 0 saturated carbocycles. The predicted octanol–water partition coefficient (Wildman–Crippen LogP) is 0.321. The molecule has 0 N–H and O–H groups in total. The minimum absolute atomic E-state index is 0.0374. The molecule has 132 valence electrons. The van der Waals surface area contributed by atoms with Gasteiger partial charge in [-0.1, -0.05) is 18.2 Å². The molecule has 25 heavy (non-hydrogen) atoms. The molecule has 1 saturated heterocycles. The maximum Gasteiger partial charge on any atom is 0.330 e. The molecule has 1 aliphatic heterocycles. The Hall–Kier alpha value is -2.67. The van der Waals surface area contributed by atoms with Crippen molar-refractivity contribution in [1.82, 2.24) is 14.0 Å². The van der Waals surface area contributed by atoms with Crippen molar-refractivity contribution in [2.75, 3.05) is 18.5 Å². The molecule has 1 amide bonds. The first-order chi connectivity index (χ1) is 11.9. The zero-order chi connectivity index (χ0) is 18.1. The van der Waals surface area contributed by atoms with Crippen LogP contribution in [0.1, 0.15) is 12.0 Å². The van der Waals surface area contributed by atoms with Crippen LogP contribution in [0.15, 0.2) is 46.1 Å². The van der Waals surface area contributed by atoms with Gasteiger partial charge < -0.3 is 9.47 Å². The van der Waals surface area contributed by atoms with Gasteiger partial charge in [-0.3, -0.25) is 19.1 Å². The van der Waals surface area contributed by atoms with Crippen LogP contribution in [0.2, 0.25) is 0 Å². The second kappa shape index (κ2) is 6.68. The molecule has 0 bridgehead atoms. The predicted molar refractivity (Wildman–Crippen MR) is 95.6 cm³/mol. The number of amides is 1. The average Bonchev–Trinajstić information content (AvgIpc) is 3.00. The Morgan fingerprint density at radius 2 is 1.80 bits per heavy atom. The summed E-state index contributed by atoms with van der Waals surface area (Å²) < 4.78 is 2.48. The fraction of sp³-hybridized carbons (Fsp3) is 0.389. The maximum absolute atomic E-state index is 12.8. The van der Waals surface area contributed by atoms with Gasteiger partial charge in [0, 0.05) is 44.6 Å². The van der Waals surface area contributed by atoms with E-state index in [2.05, 4.69) is 0 Å². The molecule has 1 aliphatic rings. The summed E-state index contributed by atoms with van der Waals surface area (Å²) in [4.78, 5) is 40.5. The van der Waals surface area contributed by atoms with E-state index >= 15 is 0 Å². The topological polar surface area (TPSA) is 67.6 Å². The Balaban J connectivity index is 1.79. The van der Waals surface area contributed by atoms with Crippen molar-refractivity contribution >= 4 is 11.6 Å². The third-order valence-corrected chi connectivity index (χ3v) is 4.71. The van der Waals surface area contributed by atoms with E-state index in [1.54, 1.807) is 18.1 Å². The number of aromatic nitrogens is 2. The Bertz CT molecular complexity index is 901. The van der Waals surface area contributed by atoms with Crippen molar-refractivity contribution in [1.29, 1.82) is 0 Å². The normalized spacial score (nSPS) is 17.5. The molecule has 1 aromatic carbocycles. The van der Waals surface area contributed by atoms with Crippen molar-refractivity contribution in [2.24, 2.45) is 14.1 Å². The fourth-order valence-electron chi connectivity index (χ4n) is 3.31. The number of benzene rings is 1. The molecule has 3 rings (SSSR count). The average molecular weight is 342 g/mol.